The van der Waals surface area contributed by atoms with E-state index in [1.165, 1.54) is 11.8 Å². The third-order valence-corrected chi connectivity index (χ3v) is 2.73. The van der Waals surface area contributed by atoms with Crippen LogP contribution < -0.4 is 0 Å². The van der Waals surface area contributed by atoms with Crippen LogP contribution in [0.4, 0.5) is 0 Å². The van der Waals surface area contributed by atoms with E-state index in [-0.39, 0.29) is 12.2 Å². The van der Waals surface area contributed by atoms with Gasteiger partial charge in [0.15, 0.2) is 5.17 Å². The van der Waals surface area contributed by atoms with E-state index in [1.54, 1.807) is 0 Å². The number of aliphatic imine (C=N–C) groups is 1. The first kappa shape index (κ1) is 11.3. The molecule has 0 radical (unpaired) electrons. The highest BCUT2D eigenvalue weighted by Crippen LogP contribution is 2.15. The topological polar surface area (TPSA) is 48.6 Å². The van der Waals surface area contributed by atoms with Crippen LogP contribution >= 0.6 is 11.8 Å². The molecule has 0 amide bonds. The highest BCUT2D eigenvalue weighted by atomic mass is 32.2. The van der Waals surface area contributed by atoms with Gasteiger partial charge in [0.25, 0.3) is 0 Å². The van der Waals surface area contributed by atoms with E-state index >= 15 is 0 Å². The van der Waals surface area contributed by atoms with E-state index in [1.807, 2.05) is 26.3 Å². The summed E-state index contributed by atoms with van der Waals surface area (Å²) >= 11 is 1.50. The summed E-state index contributed by atoms with van der Waals surface area (Å²) in [6.07, 6.45) is 4.17. The smallest absolute Gasteiger partial charge is 0.208 e. The van der Waals surface area contributed by atoms with E-state index in [4.69, 9.17) is 10.00 Å². The van der Waals surface area contributed by atoms with Crippen LogP contribution in [0.3, 0.4) is 0 Å². The molecule has 0 aliphatic carbocycles. The number of rotatable bonds is 0. The van der Waals surface area contributed by atoms with Gasteiger partial charge >= 0.3 is 0 Å². The van der Waals surface area contributed by atoms with Gasteiger partial charge in [0, 0.05) is 13.1 Å². The Labute approximate surface area is 88.9 Å². The molecule has 1 aliphatic rings. The van der Waals surface area contributed by atoms with Crippen molar-refractivity contribution in [2.24, 2.45) is 4.99 Å². The zero-order valence-corrected chi connectivity index (χ0v) is 9.54. The maximum atomic E-state index is 8.52. The molecule has 0 bridgehead atoms. The number of thioether (sulfide) groups is 1. The summed E-state index contributed by atoms with van der Waals surface area (Å²) in [5.74, 6) is 0. The molecule has 0 saturated carbocycles. The minimum absolute atomic E-state index is 0.204. The second-order valence-corrected chi connectivity index (χ2v) is 4.13. The quantitative estimate of drug-likeness (QED) is 0.346. The molecule has 2 unspecified atom stereocenters. The molecular formula is C9H15N3OS. The Bertz CT molecular complexity index is 251. The summed E-state index contributed by atoms with van der Waals surface area (Å²) in [5, 5.41) is 9.31. The average molecular weight is 213 g/mol. The van der Waals surface area contributed by atoms with Crippen molar-refractivity contribution >= 4 is 16.9 Å². The second-order valence-electron chi connectivity index (χ2n) is 3.36. The molecular weight excluding hydrogens is 198 g/mol. The van der Waals surface area contributed by atoms with Crippen molar-refractivity contribution in [1.29, 1.82) is 5.26 Å². The Hall–Kier alpha value is -0.730. The molecule has 78 valence electrons. The van der Waals surface area contributed by atoms with Gasteiger partial charge in [-0.1, -0.05) is 11.8 Å². The van der Waals surface area contributed by atoms with E-state index in [2.05, 4.69) is 9.89 Å². The molecule has 0 aromatic carbocycles. The first-order chi connectivity index (χ1) is 6.67. The van der Waals surface area contributed by atoms with Crippen LogP contribution in [0.1, 0.15) is 13.8 Å². The third kappa shape index (κ3) is 2.89. The molecule has 1 fully saturated rings. The Kier molecular flexibility index (Phi) is 4.23. The van der Waals surface area contributed by atoms with E-state index < -0.39 is 0 Å². The van der Waals surface area contributed by atoms with Gasteiger partial charge in [-0.2, -0.15) is 5.26 Å². The number of morpholine rings is 1. The fraction of sp³-hybridized carbons (Fsp3) is 0.778. The molecule has 0 spiro atoms. The summed E-state index contributed by atoms with van der Waals surface area (Å²) < 4.78 is 5.60. The first-order valence-corrected chi connectivity index (χ1v) is 5.81. The van der Waals surface area contributed by atoms with Crippen LogP contribution in [0.25, 0.3) is 0 Å². The van der Waals surface area contributed by atoms with Crippen molar-refractivity contribution in [2.75, 3.05) is 19.3 Å². The maximum Gasteiger partial charge on any atom is 0.208 e. The van der Waals surface area contributed by atoms with Crippen LogP contribution in [0.15, 0.2) is 4.99 Å². The van der Waals surface area contributed by atoms with Gasteiger partial charge in [-0.05, 0) is 20.1 Å². The Morgan fingerprint density at radius 3 is 2.50 bits per heavy atom. The number of nitriles is 1. The summed E-state index contributed by atoms with van der Waals surface area (Å²) in [6, 6.07) is 0. The average Bonchev–Trinajstić information content (AvgIpc) is 2.12. The van der Waals surface area contributed by atoms with Crippen LogP contribution in [0, 0.1) is 11.5 Å². The Morgan fingerprint density at radius 2 is 2.07 bits per heavy atom. The number of hydrogen-bond donors (Lipinski definition) is 0. The lowest BCUT2D eigenvalue weighted by molar-refractivity contribution is -0.0471. The molecule has 0 N–H and O–H groups in total. The summed E-state index contributed by atoms with van der Waals surface area (Å²) in [6.45, 7) is 5.69. The summed E-state index contributed by atoms with van der Waals surface area (Å²) in [7, 11) is 0. The molecule has 5 heteroatoms. The SMILES string of the molecule is CSC(=NC#N)N1CC(C)OC(C)C1. The lowest BCUT2D eigenvalue weighted by atomic mass is 10.2. The van der Waals surface area contributed by atoms with Crippen molar-refractivity contribution in [3.63, 3.8) is 0 Å². The van der Waals surface area contributed by atoms with Gasteiger partial charge < -0.3 is 9.64 Å². The van der Waals surface area contributed by atoms with Crippen molar-refractivity contribution in [3.05, 3.63) is 0 Å². The zero-order chi connectivity index (χ0) is 10.6. The number of ether oxygens (including phenoxy) is 1. The van der Waals surface area contributed by atoms with E-state index in [0.29, 0.717) is 0 Å². The minimum atomic E-state index is 0.204. The third-order valence-electron chi connectivity index (χ3n) is 2.02. The van der Waals surface area contributed by atoms with Gasteiger partial charge in [-0.25, -0.2) is 0 Å². The molecule has 1 aliphatic heterocycles. The molecule has 1 heterocycles. The normalized spacial score (nSPS) is 28.7. The fourth-order valence-electron chi connectivity index (χ4n) is 1.62. The highest BCUT2D eigenvalue weighted by Gasteiger charge is 2.24. The molecule has 14 heavy (non-hydrogen) atoms. The van der Waals surface area contributed by atoms with E-state index in [9.17, 15) is 0 Å². The van der Waals surface area contributed by atoms with E-state index in [0.717, 1.165) is 18.3 Å². The summed E-state index contributed by atoms with van der Waals surface area (Å²) in [4.78, 5) is 5.89. The Morgan fingerprint density at radius 1 is 1.50 bits per heavy atom. The lowest BCUT2D eigenvalue weighted by Crippen LogP contribution is -2.47. The molecule has 0 aromatic heterocycles. The molecule has 1 rings (SSSR count). The number of nitrogens with zero attached hydrogens (tertiary/aromatic N) is 3. The van der Waals surface area contributed by atoms with Crippen molar-refractivity contribution in [2.45, 2.75) is 26.1 Å². The standard InChI is InChI=1S/C9H15N3OS/c1-7-4-12(5-8(2)13-7)9(14-3)11-6-10/h7-8H,4-5H2,1-3H3. The van der Waals surface area contributed by atoms with Crippen LogP contribution in [0.2, 0.25) is 0 Å². The molecule has 1 saturated heterocycles. The van der Waals surface area contributed by atoms with Gasteiger partial charge in [-0.15, -0.1) is 4.99 Å². The van der Waals surface area contributed by atoms with Gasteiger partial charge in [0.1, 0.15) is 0 Å². The van der Waals surface area contributed by atoms with Crippen molar-refractivity contribution in [1.82, 2.24) is 4.90 Å². The summed E-state index contributed by atoms with van der Waals surface area (Å²) in [5.41, 5.74) is 0. The second kappa shape index (κ2) is 5.23. The van der Waals surface area contributed by atoms with Crippen molar-refractivity contribution in [3.8, 4) is 6.19 Å². The number of hydrogen-bond acceptors (Lipinski definition) is 4. The maximum absolute atomic E-state index is 8.52. The molecule has 2 atom stereocenters. The van der Waals surface area contributed by atoms with Gasteiger partial charge in [0.2, 0.25) is 6.19 Å². The van der Waals surface area contributed by atoms with Crippen molar-refractivity contribution < 1.29 is 4.74 Å². The van der Waals surface area contributed by atoms with Crippen LogP contribution in [0.5, 0.6) is 0 Å². The predicted molar refractivity (Wildman–Crippen MR) is 58.1 cm³/mol. The Balaban J connectivity index is 2.67. The predicted octanol–water partition coefficient (Wildman–Crippen LogP) is 1.30. The van der Waals surface area contributed by atoms with Gasteiger partial charge in [-0.3, -0.25) is 0 Å². The van der Waals surface area contributed by atoms with Crippen LogP contribution in [-0.4, -0.2) is 41.6 Å². The molecule has 0 aromatic rings. The number of amidine groups is 1. The first-order valence-electron chi connectivity index (χ1n) is 4.58. The fourth-order valence-corrected chi connectivity index (χ4v) is 2.16. The van der Waals surface area contributed by atoms with Crippen LogP contribution in [-0.2, 0) is 4.74 Å². The zero-order valence-electron chi connectivity index (χ0n) is 8.73. The van der Waals surface area contributed by atoms with Gasteiger partial charge in [0.05, 0.1) is 12.2 Å². The largest absolute Gasteiger partial charge is 0.372 e. The molecule has 4 nitrogen and oxygen atoms in total. The minimum Gasteiger partial charge on any atom is -0.372 e. The monoisotopic (exact) mass is 213 g/mol. The lowest BCUT2D eigenvalue weighted by Gasteiger charge is -2.36. The highest BCUT2D eigenvalue weighted by molar-refractivity contribution is 8.13.